The molecule has 2 aromatic rings. The Morgan fingerprint density at radius 3 is 2.45 bits per heavy atom. The van der Waals surface area contributed by atoms with Gasteiger partial charge in [-0.1, -0.05) is 36.4 Å². The standard InChI is InChI=1S/C24H26N4O5/c1-24(2)22(30)27(23(31)26(24)3)14-20(28(32)16-29)15-33-21-9-7-18(8-10-21)19-6-4-5-17(13-19)11-12-25/h4-10,13,16,20,32H,11,14-15H2,1-3H3. The number of likely N-dealkylation sites (N-methyl/N-ethyl adjacent to an activating group) is 1. The van der Waals surface area contributed by atoms with Gasteiger partial charge in [0.15, 0.2) is 0 Å². The van der Waals surface area contributed by atoms with E-state index in [2.05, 4.69) is 6.07 Å². The molecular weight excluding hydrogens is 424 g/mol. The van der Waals surface area contributed by atoms with Gasteiger partial charge in [0.1, 0.15) is 23.9 Å². The largest absolute Gasteiger partial charge is 0.491 e. The Labute approximate surface area is 192 Å². The van der Waals surface area contributed by atoms with Gasteiger partial charge in [0.25, 0.3) is 5.91 Å². The quantitative estimate of drug-likeness (QED) is 0.272. The number of carbonyl (C=O) groups excluding carboxylic acids is 3. The van der Waals surface area contributed by atoms with Crippen LogP contribution in [-0.4, -0.2) is 70.2 Å². The van der Waals surface area contributed by atoms with Crippen LogP contribution in [-0.2, 0) is 16.0 Å². The third-order valence-electron chi connectivity index (χ3n) is 5.84. The summed E-state index contributed by atoms with van der Waals surface area (Å²) in [5.74, 6) is 0.0787. The maximum Gasteiger partial charge on any atom is 0.327 e. The van der Waals surface area contributed by atoms with Gasteiger partial charge in [0.05, 0.1) is 19.0 Å². The van der Waals surface area contributed by atoms with Gasteiger partial charge in [-0.15, -0.1) is 0 Å². The molecule has 3 rings (SSSR count). The van der Waals surface area contributed by atoms with Gasteiger partial charge in [-0.25, -0.2) is 9.86 Å². The number of rotatable bonds is 9. The lowest BCUT2D eigenvalue weighted by atomic mass is 10.0. The van der Waals surface area contributed by atoms with E-state index < -0.39 is 23.5 Å². The summed E-state index contributed by atoms with van der Waals surface area (Å²) in [5, 5.41) is 19.3. The van der Waals surface area contributed by atoms with Crippen molar-refractivity contribution in [2.24, 2.45) is 0 Å². The molecule has 1 saturated heterocycles. The van der Waals surface area contributed by atoms with Crippen LogP contribution >= 0.6 is 0 Å². The molecule has 1 atom stereocenters. The molecule has 1 unspecified atom stereocenters. The van der Waals surface area contributed by atoms with Gasteiger partial charge < -0.3 is 9.64 Å². The summed E-state index contributed by atoms with van der Waals surface area (Å²) < 4.78 is 5.74. The Morgan fingerprint density at radius 1 is 1.18 bits per heavy atom. The fraction of sp³-hybridized carbons (Fsp3) is 0.333. The zero-order chi connectivity index (χ0) is 24.2. The number of ether oxygens (including phenoxy) is 1. The summed E-state index contributed by atoms with van der Waals surface area (Å²) in [6, 6.07) is 15.6. The summed E-state index contributed by atoms with van der Waals surface area (Å²) >= 11 is 0. The number of nitrogens with zero attached hydrogens (tertiary/aromatic N) is 4. The average molecular weight is 450 g/mol. The summed E-state index contributed by atoms with van der Waals surface area (Å²) in [4.78, 5) is 38.6. The Balaban J connectivity index is 1.69. The number of nitriles is 1. The van der Waals surface area contributed by atoms with E-state index in [0.29, 0.717) is 17.2 Å². The minimum atomic E-state index is -1.01. The van der Waals surface area contributed by atoms with E-state index >= 15 is 0 Å². The molecule has 172 valence electrons. The first-order valence-corrected chi connectivity index (χ1v) is 10.4. The van der Waals surface area contributed by atoms with Crippen LogP contribution in [0.3, 0.4) is 0 Å². The summed E-state index contributed by atoms with van der Waals surface area (Å²) in [7, 11) is 1.53. The lowest BCUT2D eigenvalue weighted by molar-refractivity contribution is -0.165. The van der Waals surface area contributed by atoms with Crippen LogP contribution in [0.1, 0.15) is 19.4 Å². The Morgan fingerprint density at radius 2 is 1.88 bits per heavy atom. The molecule has 9 heteroatoms. The van der Waals surface area contributed by atoms with Gasteiger partial charge in [0.2, 0.25) is 6.41 Å². The number of urea groups is 1. The molecule has 0 spiro atoms. The first-order valence-electron chi connectivity index (χ1n) is 10.4. The topological polar surface area (TPSA) is 114 Å². The van der Waals surface area contributed by atoms with Crippen molar-refractivity contribution in [2.45, 2.75) is 31.8 Å². The number of hydrogen-bond donors (Lipinski definition) is 1. The first kappa shape index (κ1) is 23.8. The second-order valence-corrected chi connectivity index (χ2v) is 8.33. The maximum atomic E-state index is 12.6. The molecule has 0 radical (unpaired) electrons. The van der Waals surface area contributed by atoms with Crippen molar-refractivity contribution in [2.75, 3.05) is 20.2 Å². The van der Waals surface area contributed by atoms with E-state index in [-0.39, 0.29) is 19.6 Å². The van der Waals surface area contributed by atoms with E-state index in [0.717, 1.165) is 21.6 Å². The average Bonchev–Trinajstić information content (AvgIpc) is 2.96. The summed E-state index contributed by atoms with van der Waals surface area (Å²) in [6.07, 6.45) is 0.547. The van der Waals surface area contributed by atoms with Crippen LogP contribution in [0.15, 0.2) is 48.5 Å². The van der Waals surface area contributed by atoms with Crippen LogP contribution in [0.4, 0.5) is 4.79 Å². The Kier molecular flexibility index (Phi) is 6.99. The zero-order valence-electron chi connectivity index (χ0n) is 18.8. The molecule has 9 nitrogen and oxygen atoms in total. The molecule has 0 aromatic heterocycles. The third-order valence-corrected chi connectivity index (χ3v) is 5.84. The van der Waals surface area contributed by atoms with Crippen molar-refractivity contribution in [3.63, 3.8) is 0 Å². The number of hydroxylamine groups is 2. The van der Waals surface area contributed by atoms with Gasteiger partial charge in [-0.2, -0.15) is 5.26 Å². The van der Waals surface area contributed by atoms with E-state index in [9.17, 15) is 19.6 Å². The molecule has 1 fully saturated rings. The smallest absolute Gasteiger partial charge is 0.327 e. The third kappa shape index (κ3) is 4.96. The lowest BCUT2D eigenvalue weighted by Gasteiger charge is -2.26. The minimum Gasteiger partial charge on any atom is -0.491 e. The van der Waals surface area contributed by atoms with Crippen molar-refractivity contribution in [3.8, 4) is 22.9 Å². The Hall–Kier alpha value is -3.90. The monoisotopic (exact) mass is 450 g/mol. The molecule has 2 aromatic carbocycles. The highest BCUT2D eigenvalue weighted by Crippen LogP contribution is 2.27. The summed E-state index contributed by atoms with van der Waals surface area (Å²) in [6.45, 7) is 2.93. The molecular formula is C24H26N4O5. The van der Waals surface area contributed by atoms with Crippen molar-refractivity contribution in [1.82, 2.24) is 14.9 Å². The molecule has 1 heterocycles. The number of carbonyl (C=O) groups is 3. The number of amides is 4. The molecule has 33 heavy (non-hydrogen) atoms. The molecule has 1 aliphatic heterocycles. The highest BCUT2D eigenvalue weighted by Gasteiger charge is 2.50. The fourth-order valence-electron chi connectivity index (χ4n) is 3.54. The van der Waals surface area contributed by atoms with Gasteiger partial charge in [0, 0.05) is 7.05 Å². The van der Waals surface area contributed by atoms with E-state index in [1.807, 2.05) is 36.4 Å². The molecule has 1 N–H and O–H groups in total. The van der Waals surface area contributed by atoms with Crippen LogP contribution in [0, 0.1) is 11.3 Å². The Bertz CT molecular complexity index is 1080. The predicted molar refractivity (Wildman–Crippen MR) is 119 cm³/mol. The molecule has 1 aliphatic rings. The van der Waals surface area contributed by atoms with E-state index in [1.165, 1.54) is 11.9 Å². The van der Waals surface area contributed by atoms with Crippen LogP contribution < -0.4 is 4.74 Å². The maximum absolute atomic E-state index is 12.6. The van der Waals surface area contributed by atoms with Crippen LogP contribution in [0.5, 0.6) is 5.75 Å². The SMILES string of the molecule is CN1C(=O)N(CC(COc2ccc(-c3cccc(CC#N)c3)cc2)N(O)C=O)C(=O)C1(C)C. The highest BCUT2D eigenvalue weighted by atomic mass is 16.5. The highest BCUT2D eigenvalue weighted by molar-refractivity contribution is 6.06. The lowest BCUT2D eigenvalue weighted by Crippen LogP contribution is -2.48. The second-order valence-electron chi connectivity index (χ2n) is 8.33. The van der Waals surface area contributed by atoms with E-state index in [4.69, 9.17) is 10.00 Å². The minimum absolute atomic E-state index is 0.132. The molecule has 0 saturated carbocycles. The van der Waals surface area contributed by atoms with Crippen molar-refractivity contribution < 1.29 is 24.3 Å². The van der Waals surface area contributed by atoms with E-state index in [1.54, 1.807) is 26.0 Å². The van der Waals surface area contributed by atoms with Crippen molar-refractivity contribution in [3.05, 3.63) is 54.1 Å². The second kappa shape index (κ2) is 9.71. The van der Waals surface area contributed by atoms with Crippen LogP contribution in [0.2, 0.25) is 0 Å². The fourth-order valence-corrected chi connectivity index (χ4v) is 3.54. The van der Waals surface area contributed by atoms with Crippen molar-refractivity contribution in [1.29, 1.82) is 5.26 Å². The number of benzene rings is 2. The first-order chi connectivity index (χ1) is 15.7. The molecule has 0 aliphatic carbocycles. The van der Waals surface area contributed by atoms with Crippen LogP contribution in [0.25, 0.3) is 11.1 Å². The normalized spacial score (nSPS) is 15.8. The summed E-state index contributed by atoms with van der Waals surface area (Å²) in [5.41, 5.74) is 1.82. The van der Waals surface area contributed by atoms with Gasteiger partial charge >= 0.3 is 6.03 Å². The molecule has 4 amide bonds. The molecule has 0 bridgehead atoms. The predicted octanol–water partition coefficient (Wildman–Crippen LogP) is 2.69. The zero-order valence-corrected chi connectivity index (χ0v) is 18.8. The number of hydrogen-bond acceptors (Lipinski definition) is 6. The number of imide groups is 1. The van der Waals surface area contributed by atoms with Gasteiger partial charge in [-0.05, 0) is 42.7 Å². The van der Waals surface area contributed by atoms with Gasteiger partial charge in [-0.3, -0.25) is 19.7 Å². The van der Waals surface area contributed by atoms with Crippen molar-refractivity contribution >= 4 is 18.3 Å².